The molecule has 32 heavy (non-hydrogen) atoms. The molecule has 0 aromatic heterocycles. The Morgan fingerprint density at radius 3 is 2.50 bits per heavy atom. The largest absolute Gasteiger partial charge is 0.548 e. The molecule has 2 aromatic rings. The summed E-state index contributed by atoms with van der Waals surface area (Å²) in [5.41, 5.74) is 3.41. The highest BCUT2D eigenvalue weighted by Crippen LogP contribution is 2.44. The quantitative estimate of drug-likeness (QED) is 0.503. The van der Waals surface area contributed by atoms with Crippen LogP contribution in [-0.2, 0) is 14.4 Å². The molecule has 0 spiro atoms. The number of para-hydroxylation sites is 2. The summed E-state index contributed by atoms with van der Waals surface area (Å²) in [6, 6.07) is 13.0. The number of thiocarbonyl (C=S) groups is 1. The highest BCUT2D eigenvalue weighted by atomic mass is 32.2. The third-order valence-corrected chi connectivity index (χ3v) is 6.14. The minimum atomic E-state index is -1.44. The zero-order valence-electron chi connectivity index (χ0n) is 16.5. The summed E-state index contributed by atoms with van der Waals surface area (Å²) < 4.78 is 5.19. The van der Waals surface area contributed by atoms with E-state index in [4.69, 9.17) is 17.0 Å². The van der Waals surface area contributed by atoms with Gasteiger partial charge in [-0.25, -0.2) is 0 Å². The molecule has 2 heterocycles. The van der Waals surface area contributed by atoms with Gasteiger partial charge in [-0.05, 0) is 30.4 Å². The number of hydrogen-bond acceptors (Lipinski definition) is 8. The van der Waals surface area contributed by atoms with E-state index in [1.54, 1.807) is 42.5 Å². The number of carboxylic acids is 1. The lowest BCUT2D eigenvalue weighted by Gasteiger charge is -2.17. The predicted molar refractivity (Wildman–Crippen MR) is 118 cm³/mol. The van der Waals surface area contributed by atoms with E-state index in [9.17, 15) is 24.3 Å². The fourth-order valence-corrected chi connectivity index (χ4v) is 4.65. The van der Waals surface area contributed by atoms with Crippen molar-refractivity contribution < 1.29 is 29.0 Å². The molecule has 11 heteroatoms. The Bertz CT molecular complexity index is 1230. The fourth-order valence-electron chi connectivity index (χ4n) is 3.39. The van der Waals surface area contributed by atoms with Gasteiger partial charge in [0, 0.05) is 5.56 Å². The van der Waals surface area contributed by atoms with Crippen LogP contribution in [0.25, 0.3) is 5.57 Å². The average Bonchev–Trinajstić information content (AvgIpc) is 3.21. The van der Waals surface area contributed by atoms with Crippen LogP contribution < -0.4 is 20.2 Å². The molecule has 162 valence electrons. The zero-order chi connectivity index (χ0) is 23.0. The molecule has 3 amide bonds. The molecule has 4 rings (SSSR count). The predicted octanol–water partition coefficient (Wildman–Crippen LogP) is 0.708. The second-order valence-electron chi connectivity index (χ2n) is 6.63. The Morgan fingerprint density at radius 1 is 1.09 bits per heavy atom. The third-order valence-electron chi connectivity index (χ3n) is 4.77. The van der Waals surface area contributed by atoms with Crippen LogP contribution in [0.4, 0.5) is 5.69 Å². The van der Waals surface area contributed by atoms with Crippen LogP contribution in [0, 0.1) is 0 Å². The summed E-state index contributed by atoms with van der Waals surface area (Å²) in [6.45, 7) is -0.663. The van der Waals surface area contributed by atoms with Crippen molar-refractivity contribution in [1.29, 1.82) is 0 Å². The Balaban J connectivity index is 1.69. The number of rotatable bonds is 5. The van der Waals surface area contributed by atoms with Crippen LogP contribution in [-0.4, -0.2) is 46.7 Å². The SMILES string of the molecule is COc1ccccc1C(=O)NN1C(=O)/C(=C2/C(=O)N(CC(=O)[O-])c3ccccc32)SC1=S. The topological polar surface area (TPSA) is 119 Å². The van der Waals surface area contributed by atoms with Crippen molar-refractivity contribution in [2.24, 2.45) is 0 Å². The molecule has 0 bridgehead atoms. The number of nitrogens with one attached hydrogen (secondary N) is 1. The average molecular weight is 468 g/mol. The molecule has 0 aliphatic carbocycles. The molecule has 1 N–H and O–H groups in total. The van der Waals surface area contributed by atoms with E-state index in [1.807, 2.05) is 0 Å². The van der Waals surface area contributed by atoms with Gasteiger partial charge >= 0.3 is 0 Å². The molecular formula is C21H14N3O6S2-. The number of carboxylic acid groups (broad SMARTS) is 1. The second kappa shape index (κ2) is 8.44. The number of hydrogen-bond donors (Lipinski definition) is 1. The number of fused-ring (bicyclic) bond motifs is 1. The summed E-state index contributed by atoms with van der Waals surface area (Å²) in [5, 5.41) is 12.0. The molecular weight excluding hydrogens is 454 g/mol. The maximum atomic E-state index is 13.1. The van der Waals surface area contributed by atoms with Crippen molar-refractivity contribution in [3.8, 4) is 5.75 Å². The maximum absolute atomic E-state index is 13.1. The van der Waals surface area contributed by atoms with Crippen LogP contribution >= 0.6 is 24.0 Å². The highest BCUT2D eigenvalue weighted by Gasteiger charge is 2.42. The first kappa shape index (κ1) is 21.5. The number of hydrazine groups is 1. The molecule has 1 saturated heterocycles. The monoisotopic (exact) mass is 468 g/mol. The molecule has 0 unspecified atom stereocenters. The summed E-state index contributed by atoms with van der Waals surface area (Å²) in [5.74, 6) is -3.11. The van der Waals surface area contributed by atoms with Crippen molar-refractivity contribution >= 4 is 63.3 Å². The van der Waals surface area contributed by atoms with E-state index in [-0.39, 0.29) is 20.4 Å². The van der Waals surface area contributed by atoms with Crippen LogP contribution in [0.15, 0.2) is 53.4 Å². The van der Waals surface area contributed by atoms with E-state index in [0.29, 0.717) is 17.0 Å². The number of amides is 3. The molecule has 9 nitrogen and oxygen atoms in total. The number of ether oxygens (including phenoxy) is 1. The van der Waals surface area contributed by atoms with Crippen molar-refractivity contribution in [1.82, 2.24) is 10.4 Å². The summed E-state index contributed by atoms with van der Waals surface area (Å²) in [7, 11) is 1.41. The first-order valence-corrected chi connectivity index (χ1v) is 10.4. The van der Waals surface area contributed by atoms with Gasteiger partial charge in [-0.1, -0.05) is 42.1 Å². The lowest BCUT2D eigenvalue weighted by atomic mass is 10.1. The lowest BCUT2D eigenvalue weighted by Crippen LogP contribution is -2.45. The molecule has 0 saturated carbocycles. The van der Waals surface area contributed by atoms with Gasteiger partial charge in [0.25, 0.3) is 17.7 Å². The van der Waals surface area contributed by atoms with Gasteiger partial charge in [-0.2, -0.15) is 5.01 Å². The Morgan fingerprint density at radius 2 is 1.78 bits per heavy atom. The Labute approximate surface area is 191 Å². The van der Waals surface area contributed by atoms with E-state index in [2.05, 4.69) is 5.43 Å². The summed E-state index contributed by atoms with van der Waals surface area (Å²) >= 11 is 6.10. The van der Waals surface area contributed by atoms with Gasteiger partial charge in [0.2, 0.25) is 0 Å². The van der Waals surface area contributed by atoms with Crippen molar-refractivity contribution in [2.75, 3.05) is 18.6 Å². The number of methoxy groups -OCH3 is 1. The number of carbonyl (C=O) groups excluding carboxylic acids is 4. The summed E-state index contributed by atoms with van der Waals surface area (Å²) in [4.78, 5) is 51.0. The number of anilines is 1. The first-order chi connectivity index (χ1) is 15.3. The van der Waals surface area contributed by atoms with E-state index in [0.717, 1.165) is 21.7 Å². The number of benzene rings is 2. The van der Waals surface area contributed by atoms with Gasteiger partial charge in [-0.15, -0.1) is 0 Å². The van der Waals surface area contributed by atoms with Gasteiger partial charge < -0.3 is 19.5 Å². The molecule has 0 atom stereocenters. The van der Waals surface area contributed by atoms with Crippen molar-refractivity contribution in [2.45, 2.75) is 0 Å². The Hall–Kier alpha value is -3.70. The smallest absolute Gasteiger partial charge is 0.286 e. The lowest BCUT2D eigenvalue weighted by molar-refractivity contribution is -0.303. The van der Waals surface area contributed by atoms with Crippen molar-refractivity contribution in [3.63, 3.8) is 0 Å². The fraction of sp³-hybridized carbons (Fsp3) is 0.0952. The minimum absolute atomic E-state index is 0.00590. The van der Waals surface area contributed by atoms with E-state index in [1.165, 1.54) is 13.2 Å². The molecule has 0 radical (unpaired) electrons. The van der Waals surface area contributed by atoms with Crippen LogP contribution in [0.5, 0.6) is 5.75 Å². The number of carbonyl (C=O) groups is 4. The minimum Gasteiger partial charge on any atom is -0.548 e. The van der Waals surface area contributed by atoms with Gasteiger partial charge in [-0.3, -0.25) is 19.8 Å². The highest BCUT2D eigenvalue weighted by molar-refractivity contribution is 8.26. The van der Waals surface area contributed by atoms with Crippen LogP contribution in [0.2, 0.25) is 0 Å². The van der Waals surface area contributed by atoms with Gasteiger partial charge in [0.1, 0.15) is 5.75 Å². The molecule has 2 aliphatic rings. The molecule has 2 aliphatic heterocycles. The van der Waals surface area contributed by atoms with Crippen molar-refractivity contribution in [3.05, 3.63) is 64.6 Å². The normalized spacial score (nSPS) is 17.6. The maximum Gasteiger partial charge on any atom is 0.286 e. The molecule has 1 fully saturated rings. The van der Waals surface area contributed by atoms with E-state index >= 15 is 0 Å². The second-order valence-corrected chi connectivity index (χ2v) is 8.28. The zero-order valence-corrected chi connectivity index (χ0v) is 18.1. The van der Waals surface area contributed by atoms with Gasteiger partial charge in [0.05, 0.1) is 41.4 Å². The third kappa shape index (κ3) is 3.61. The summed E-state index contributed by atoms with van der Waals surface area (Å²) in [6.07, 6.45) is 0. The standard InChI is InChI=1S/C21H15N3O6S2/c1-30-14-9-5-3-7-12(14)18(27)22-24-20(29)17(32-21(24)31)16-11-6-2-4-8-13(11)23(19(16)28)10-15(25)26/h2-9H,10H2,1H3,(H,22,27)(H,25,26)/p-1/b17-16-. The number of aliphatic carboxylic acids is 1. The first-order valence-electron chi connectivity index (χ1n) is 9.19. The van der Waals surface area contributed by atoms with Gasteiger partial charge in [0.15, 0.2) is 4.32 Å². The number of thioether (sulfide) groups is 1. The molecule has 2 aromatic carbocycles. The van der Waals surface area contributed by atoms with E-state index < -0.39 is 30.2 Å². The Kier molecular flexibility index (Phi) is 5.68. The van der Waals surface area contributed by atoms with Crippen LogP contribution in [0.1, 0.15) is 15.9 Å². The van der Waals surface area contributed by atoms with Crippen LogP contribution in [0.3, 0.4) is 0 Å². The number of nitrogens with zero attached hydrogens (tertiary/aromatic N) is 2.